The Morgan fingerprint density at radius 2 is 2.17 bits per heavy atom. The van der Waals surface area contributed by atoms with E-state index in [1.165, 1.54) is 11.3 Å². The molecule has 0 aliphatic carbocycles. The number of hydrogen-bond acceptors (Lipinski definition) is 7. The van der Waals surface area contributed by atoms with Crippen molar-refractivity contribution in [3.05, 3.63) is 29.5 Å². The standard InChI is InChI=1S/C14H19N5OS2.ClH/c1-21-8-4-11(15)13(20)18-7-3-10-9-22-14(19-10)12-16-5-2-6-17-12;/h2,5-6,9,11H,3-4,7-8,15H2,1H3,(H,18,20);1H/t11-;/m0./s1. The molecular weight excluding hydrogens is 354 g/mol. The van der Waals surface area contributed by atoms with E-state index < -0.39 is 6.04 Å². The number of thiazole rings is 1. The van der Waals surface area contributed by atoms with Gasteiger partial charge in [-0.25, -0.2) is 15.0 Å². The maximum Gasteiger partial charge on any atom is 0.236 e. The lowest BCUT2D eigenvalue weighted by molar-refractivity contribution is -0.122. The van der Waals surface area contributed by atoms with Gasteiger partial charge in [0, 0.05) is 30.7 Å². The Labute approximate surface area is 150 Å². The second-order valence-corrected chi connectivity index (χ2v) is 6.49. The number of nitrogens with one attached hydrogen (secondary N) is 1. The summed E-state index contributed by atoms with van der Waals surface area (Å²) >= 11 is 3.19. The highest BCUT2D eigenvalue weighted by molar-refractivity contribution is 7.98. The Hall–Kier alpha value is -1.22. The predicted molar refractivity (Wildman–Crippen MR) is 98.1 cm³/mol. The summed E-state index contributed by atoms with van der Waals surface area (Å²) in [5, 5.41) is 5.60. The third-order valence-electron chi connectivity index (χ3n) is 2.96. The number of halogens is 1. The van der Waals surface area contributed by atoms with Gasteiger partial charge in [0.2, 0.25) is 5.91 Å². The van der Waals surface area contributed by atoms with E-state index in [-0.39, 0.29) is 18.3 Å². The van der Waals surface area contributed by atoms with Crippen molar-refractivity contribution >= 4 is 41.4 Å². The summed E-state index contributed by atoms with van der Waals surface area (Å²) < 4.78 is 0. The quantitative estimate of drug-likeness (QED) is 0.732. The molecule has 0 spiro atoms. The van der Waals surface area contributed by atoms with Gasteiger partial charge in [-0.15, -0.1) is 23.7 Å². The van der Waals surface area contributed by atoms with E-state index in [2.05, 4.69) is 20.3 Å². The van der Waals surface area contributed by atoms with Crippen molar-refractivity contribution in [2.24, 2.45) is 5.73 Å². The number of amides is 1. The average Bonchev–Trinajstić information content (AvgIpc) is 3.02. The molecule has 2 aromatic rings. The summed E-state index contributed by atoms with van der Waals surface area (Å²) in [6.45, 7) is 0.532. The van der Waals surface area contributed by atoms with Gasteiger partial charge in [-0.2, -0.15) is 11.8 Å². The number of rotatable bonds is 8. The van der Waals surface area contributed by atoms with Crippen LogP contribution in [-0.4, -0.2) is 45.5 Å². The van der Waals surface area contributed by atoms with Crippen molar-refractivity contribution in [1.29, 1.82) is 0 Å². The van der Waals surface area contributed by atoms with E-state index in [1.807, 2.05) is 11.6 Å². The first-order chi connectivity index (χ1) is 10.7. The van der Waals surface area contributed by atoms with Crippen LogP contribution in [0, 0.1) is 0 Å². The molecule has 23 heavy (non-hydrogen) atoms. The van der Waals surface area contributed by atoms with Gasteiger partial charge in [0.1, 0.15) is 0 Å². The summed E-state index contributed by atoms with van der Waals surface area (Å²) in [6.07, 6.45) is 6.75. The lowest BCUT2D eigenvalue weighted by Gasteiger charge is -2.10. The van der Waals surface area contributed by atoms with E-state index in [0.717, 1.165) is 16.5 Å². The average molecular weight is 374 g/mol. The van der Waals surface area contributed by atoms with Crippen LogP contribution in [0.4, 0.5) is 0 Å². The van der Waals surface area contributed by atoms with Crippen LogP contribution >= 0.6 is 35.5 Å². The monoisotopic (exact) mass is 373 g/mol. The van der Waals surface area contributed by atoms with Crippen molar-refractivity contribution in [1.82, 2.24) is 20.3 Å². The minimum atomic E-state index is -0.434. The fourth-order valence-electron chi connectivity index (χ4n) is 1.75. The second-order valence-electron chi connectivity index (χ2n) is 4.65. The maximum absolute atomic E-state index is 11.8. The number of nitrogens with two attached hydrogens (primary N) is 1. The molecule has 0 saturated carbocycles. The summed E-state index contributed by atoms with van der Waals surface area (Å²) in [4.78, 5) is 24.6. The maximum atomic E-state index is 11.8. The van der Waals surface area contributed by atoms with Gasteiger partial charge in [-0.3, -0.25) is 4.79 Å². The molecule has 2 aromatic heterocycles. The normalized spacial score (nSPS) is 11.6. The van der Waals surface area contributed by atoms with Crippen LogP contribution in [0.5, 0.6) is 0 Å². The molecule has 0 unspecified atom stereocenters. The van der Waals surface area contributed by atoms with Gasteiger partial charge in [0.25, 0.3) is 0 Å². The molecule has 0 aliphatic heterocycles. The molecule has 6 nitrogen and oxygen atoms in total. The Morgan fingerprint density at radius 3 is 2.87 bits per heavy atom. The zero-order valence-electron chi connectivity index (χ0n) is 12.8. The zero-order valence-corrected chi connectivity index (χ0v) is 15.2. The van der Waals surface area contributed by atoms with Gasteiger partial charge in [0.15, 0.2) is 10.8 Å². The fourth-order valence-corrected chi connectivity index (χ4v) is 3.04. The van der Waals surface area contributed by atoms with Crippen molar-refractivity contribution in [2.45, 2.75) is 18.9 Å². The summed E-state index contributed by atoms with van der Waals surface area (Å²) in [5.74, 6) is 1.42. The first-order valence-corrected chi connectivity index (χ1v) is 9.22. The lowest BCUT2D eigenvalue weighted by Crippen LogP contribution is -2.41. The fraction of sp³-hybridized carbons (Fsp3) is 0.429. The zero-order chi connectivity index (χ0) is 15.8. The predicted octanol–water partition coefficient (Wildman–Crippen LogP) is 1.76. The molecule has 9 heteroatoms. The number of aromatic nitrogens is 3. The van der Waals surface area contributed by atoms with Crippen molar-refractivity contribution < 1.29 is 4.79 Å². The highest BCUT2D eigenvalue weighted by atomic mass is 35.5. The molecule has 0 saturated heterocycles. The molecule has 1 atom stereocenters. The second kappa shape index (κ2) is 10.5. The third-order valence-corrected chi connectivity index (χ3v) is 4.49. The summed E-state index contributed by atoms with van der Waals surface area (Å²) in [5.41, 5.74) is 6.73. The van der Waals surface area contributed by atoms with Gasteiger partial charge in [0.05, 0.1) is 11.7 Å². The molecule has 3 N–H and O–H groups in total. The van der Waals surface area contributed by atoms with Crippen LogP contribution in [0.2, 0.25) is 0 Å². The first-order valence-electron chi connectivity index (χ1n) is 6.94. The molecule has 0 fully saturated rings. The van der Waals surface area contributed by atoms with Crippen LogP contribution in [0.25, 0.3) is 10.8 Å². The van der Waals surface area contributed by atoms with Crippen LogP contribution in [-0.2, 0) is 11.2 Å². The Kier molecular flexibility index (Phi) is 9.08. The Balaban J connectivity index is 0.00000264. The molecule has 1 amide bonds. The minimum absolute atomic E-state index is 0. The molecule has 2 rings (SSSR count). The molecule has 0 radical (unpaired) electrons. The molecule has 0 aromatic carbocycles. The number of carbonyl (C=O) groups is 1. The SMILES string of the molecule is CSCC[C@H](N)C(=O)NCCc1csc(-c2ncccn2)n1.Cl. The van der Waals surface area contributed by atoms with E-state index in [0.29, 0.717) is 25.2 Å². The highest BCUT2D eigenvalue weighted by Crippen LogP contribution is 2.19. The van der Waals surface area contributed by atoms with Gasteiger partial charge >= 0.3 is 0 Å². The summed E-state index contributed by atoms with van der Waals surface area (Å²) in [7, 11) is 0. The van der Waals surface area contributed by atoms with Crippen molar-refractivity contribution in [3.63, 3.8) is 0 Å². The molecule has 126 valence electrons. The first kappa shape index (κ1) is 19.8. The molecule has 0 bridgehead atoms. The van der Waals surface area contributed by atoms with E-state index in [1.54, 1.807) is 30.2 Å². The molecule has 2 heterocycles. The number of carbonyl (C=O) groups excluding carboxylic acids is 1. The van der Waals surface area contributed by atoms with Gasteiger partial charge in [-0.1, -0.05) is 0 Å². The topological polar surface area (TPSA) is 93.8 Å². The highest BCUT2D eigenvalue weighted by Gasteiger charge is 2.12. The van der Waals surface area contributed by atoms with Crippen LogP contribution in [0.3, 0.4) is 0 Å². The lowest BCUT2D eigenvalue weighted by atomic mass is 10.2. The Morgan fingerprint density at radius 1 is 1.43 bits per heavy atom. The van der Waals surface area contributed by atoms with E-state index >= 15 is 0 Å². The number of thioether (sulfide) groups is 1. The minimum Gasteiger partial charge on any atom is -0.354 e. The smallest absolute Gasteiger partial charge is 0.236 e. The van der Waals surface area contributed by atoms with Crippen molar-refractivity contribution in [2.75, 3.05) is 18.6 Å². The van der Waals surface area contributed by atoms with Crippen LogP contribution in [0.15, 0.2) is 23.8 Å². The third kappa shape index (κ3) is 6.42. The molecule has 0 aliphatic rings. The Bertz CT molecular complexity index is 596. The number of hydrogen-bond donors (Lipinski definition) is 2. The number of nitrogens with zero attached hydrogens (tertiary/aromatic N) is 3. The van der Waals surface area contributed by atoms with Gasteiger partial charge in [-0.05, 0) is 24.5 Å². The van der Waals surface area contributed by atoms with Gasteiger partial charge < -0.3 is 11.1 Å². The van der Waals surface area contributed by atoms with E-state index in [9.17, 15) is 4.79 Å². The van der Waals surface area contributed by atoms with E-state index in [4.69, 9.17) is 5.73 Å². The van der Waals surface area contributed by atoms with Crippen LogP contribution < -0.4 is 11.1 Å². The summed E-state index contributed by atoms with van der Waals surface area (Å²) in [6, 6.07) is 1.34. The van der Waals surface area contributed by atoms with Crippen molar-refractivity contribution in [3.8, 4) is 10.8 Å². The largest absolute Gasteiger partial charge is 0.354 e. The molecular formula is C14H20ClN5OS2. The van der Waals surface area contributed by atoms with Crippen LogP contribution in [0.1, 0.15) is 12.1 Å².